The summed E-state index contributed by atoms with van der Waals surface area (Å²) in [6.07, 6.45) is 22.4. The first-order valence-corrected chi connectivity index (χ1v) is 11.4. The van der Waals surface area contributed by atoms with Gasteiger partial charge in [0, 0.05) is 19.4 Å². The van der Waals surface area contributed by atoms with Crippen molar-refractivity contribution in [3.05, 3.63) is 12.2 Å². The summed E-state index contributed by atoms with van der Waals surface area (Å²) in [6.45, 7) is 3.71. The van der Waals surface area contributed by atoms with Gasteiger partial charge in [-0.25, -0.2) is 0 Å². The highest BCUT2D eigenvalue weighted by Crippen LogP contribution is 2.12. The second-order valence-electron chi connectivity index (χ2n) is 7.65. The molecular weight excluding hydrogens is 336 g/mol. The van der Waals surface area contributed by atoms with Crippen LogP contribution in [-0.2, 0) is 4.79 Å². The lowest BCUT2D eigenvalue weighted by molar-refractivity contribution is -0.127. The van der Waals surface area contributed by atoms with E-state index < -0.39 is 0 Å². The topological polar surface area (TPSA) is 52.9 Å². The quantitative estimate of drug-likeness (QED) is 0.263. The number of hydrogen-bond acceptors (Lipinski definition) is 3. The summed E-state index contributed by atoms with van der Waals surface area (Å²) in [7, 11) is 0. The van der Waals surface area contributed by atoms with E-state index in [2.05, 4.69) is 24.1 Å². The fourth-order valence-electron chi connectivity index (χ4n) is 3.56. The number of hydrogen-bond donors (Lipinski definition) is 1. The number of carbonyl (C=O) groups excluding carboxylic acids is 1. The van der Waals surface area contributed by atoms with Gasteiger partial charge < -0.3 is 5.11 Å². The molecule has 27 heavy (non-hydrogen) atoms. The average molecular weight is 379 g/mol. The summed E-state index contributed by atoms with van der Waals surface area (Å²) in [4.78, 5) is 18.3. The van der Waals surface area contributed by atoms with E-state index in [1.807, 2.05) is 0 Å². The van der Waals surface area contributed by atoms with Crippen LogP contribution in [0.3, 0.4) is 0 Å². The summed E-state index contributed by atoms with van der Waals surface area (Å²) < 4.78 is 0. The van der Waals surface area contributed by atoms with E-state index in [-0.39, 0.29) is 12.5 Å². The molecule has 0 aromatic carbocycles. The molecule has 0 bridgehead atoms. The zero-order valence-electron chi connectivity index (χ0n) is 17.6. The van der Waals surface area contributed by atoms with Gasteiger partial charge in [-0.2, -0.15) is 0 Å². The number of carbonyl (C=O) groups is 1. The first-order chi connectivity index (χ1) is 13.3. The lowest BCUT2D eigenvalue weighted by atomic mass is 10.1. The summed E-state index contributed by atoms with van der Waals surface area (Å²) in [5, 5.41) is 9.02. The van der Waals surface area contributed by atoms with Crippen LogP contribution in [0.15, 0.2) is 17.1 Å². The zero-order valence-corrected chi connectivity index (χ0v) is 17.6. The van der Waals surface area contributed by atoms with E-state index in [9.17, 15) is 4.79 Å². The Morgan fingerprint density at radius 3 is 2.19 bits per heavy atom. The normalized spacial score (nSPS) is 14.3. The number of aliphatic hydroxyl groups excluding tert-OH is 1. The highest BCUT2D eigenvalue weighted by Gasteiger charge is 2.22. The maximum atomic E-state index is 12.2. The highest BCUT2D eigenvalue weighted by molar-refractivity contribution is 5.99. The summed E-state index contributed by atoms with van der Waals surface area (Å²) in [6, 6.07) is 0. The van der Waals surface area contributed by atoms with Gasteiger partial charge in [-0.3, -0.25) is 14.7 Å². The number of amides is 1. The molecule has 1 aliphatic rings. The van der Waals surface area contributed by atoms with Crippen LogP contribution in [0, 0.1) is 0 Å². The molecule has 1 rings (SSSR count). The lowest BCUT2D eigenvalue weighted by Crippen LogP contribution is -2.34. The maximum Gasteiger partial charge on any atom is 0.227 e. The standard InChI is InChI=1S/C23H42N2O2/c1-2-3-4-5-6-7-8-9-10-11-12-13-14-15-16-17-23(27)25-20-19-24-22(25)18-21-26/h9-10,26H,2-8,11-21H2,1H3/b10-9-. The fraction of sp³-hybridized carbons (Fsp3) is 0.826. The van der Waals surface area contributed by atoms with Crippen LogP contribution in [0.5, 0.6) is 0 Å². The molecule has 0 spiro atoms. The Kier molecular flexibility index (Phi) is 15.0. The molecule has 1 aliphatic heterocycles. The Bertz CT molecular complexity index is 432. The molecule has 0 saturated heterocycles. The second kappa shape index (κ2) is 17.0. The molecule has 1 N–H and O–H groups in total. The Morgan fingerprint density at radius 1 is 0.963 bits per heavy atom. The van der Waals surface area contributed by atoms with Gasteiger partial charge in [0.15, 0.2) is 0 Å². The third kappa shape index (κ3) is 12.0. The molecule has 1 amide bonds. The van der Waals surface area contributed by atoms with Crippen LogP contribution in [0.4, 0.5) is 0 Å². The smallest absolute Gasteiger partial charge is 0.227 e. The Balaban J connectivity index is 1.88. The molecule has 0 aromatic heterocycles. The minimum Gasteiger partial charge on any atom is -0.396 e. The molecule has 0 saturated carbocycles. The van der Waals surface area contributed by atoms with Gasteiger partial charge in [0.2, 0.25) is 5.91 Å². The third-order valence-corrected chi connectivity index (χ3v) is 5.22. The number of nitrogens with zero attached hydrogens (tertiary/aromatic N) is 2. The van der Waals surface area contributed by atoms with Crippen LogP contribution in [-0.4, -0.2) is 41.4 Å². The van der Waals surface area contributed by atoms with Gasteiger partial charge in [-0.15, -0.1) is 0 Å². The van der Waals surface area contributed by atoms with Crippen molar-refractivity contribution >= 4 is 11.7 Å². The minimum absolute atomic E-state index is 0.0655. The number of rotatable bonds is 17. The van der Waals surface area contributed by atoms with Gasteiger partial charge in [0.05, 0.1) is 13.2 Å². The van der Waals surface area contributed by atoms with Gasteiger partial charge in [-0.1, -0.05) is 70.4 Å². The Hall–Kier alpha value is -1.16. The predicted octanol–water partition coefficient (Wildman–Crippen LogP) is 5.65. The number of aliphatic imine (C=N–C) groups is 1. The van der Waals surface area contributed by atoms with E-state index in [0.717, 1.165) is 18.7 Å². The van der Waals surface area contributed by atoms with Gasteiger partial charge >= 0.3 is 0 Å². The van der Waals surface area contributed by atoms with E-state index in [1.165, 1.54) is 70.6 Å². The molecule has 0 atom stereocenters. The van der Waals surface area contributed by atoms with Gasteiger partial charge in [0.25, 0.3) is 0 Å². The van der Waals surface area contributed by atoms with Crippen molar-refractivity contribution < 1.29 is 9.90 Å². The van der Waals surface area contributed by atoms with Crippen LogP contribution in [0.25, 0.3) is 0 Å². The van der Waals surface area contributed by atoms with Crippen molar-refractivity contribution in [1.82, 2.24) is 4.90 Å². The second-order valence-corrected chi connectivity index (χ2v) is 7.65. The van der Waals surface area contributed by atoms with Crippen molar-refractivity contribution in [2.45, 2.75) is 103 Å². The van der Waals surface area contributed by atoms with Crippen LogP contribution in [0.2, 0.25) is 0 Å². The van der Waals surface area contributed by atoms with Crippen LogP contribution >= 0.6 is 0 Å². The van der Waals surface area contributed by atoms with Crippen molar-refractivity contribution in [3.8, 4) is 0 Å². The van der Waals surface area contributed by atoms with E-state index in [0.29, 0.717) is 25.9 Å². The van der Waals surface area contributed by atoms with Crippen molar-refractivity contribution in [1.29, 1.82) is 0 Å². The van der Waals surface area contributed by atoms with Crippen molar-refractivity contribution in [3.63, 3.8) is 0 Å². The minimum atomic E-state index is 0.0655. The Labute approximate surface area is 167 Å². The van der Waals surface area contributed by atoms with E-state index in [1.54, 1.807) is 4.90 Å². The number of aliphatic hydroxyl groups is 1. The first kappa shape index (κ1) is 23.9. The number of allylic oxidation sites excluding steroid dienone is 2. The number of amidine groups is 1. The van der Waals surface area contributed by atoms with Gasteiger partial charge in [-0.05, 0) is 32.1 Å². The molecule has 0 aromatic rings. The monoisotopic (exact) mass is 378 g/mol. The van der Waals surface area contributed by atoms with Crippen LogP contribution < -0.4 is 0 Å². The van der Waals surface area contributed by atoms with Crippen molar-refractivity contribution in [2.75, 3.05) is 19.7 Å². The molecule has 4 heteroatoms. The maximum absolute atomic E-state index is 12.2. The van der Waals surface area contributed by atoms with E-state index >= 15 is 0 Å². The zero-order chi connectivity index (χ0) is 19.6. The average Bonchev–Trinajstić information content (AvgIpc) is 3.13. The largest absolute Gasteiger partial charge is 0.396 e. The first-order valence-electron chi connectivity index (χ1n) is 11.4. The number of unbranched alkanes of at least 4 members (excludes halogenated alkanes) is 11. The molecule has 0 fully saturated rings. The molecule has 4 nitrogen and oxygen atoms in total. The molecule has 1 heterocycles. The Morgan fingerprint density at radius 2 is 1.56 bits per heavy atom. The summed E-state index contributed by atoms with van der Waals surface area (Å²) in [5.74, 6) is 0.951. The lowest BCUT2D eigenvalue weighted by Gasteiger charge is -2.17. The summed E-state index contributed by atoms with van der Waals surface area (Å²) >= 11 is 0. The third-order valence-electron chi connectivity index (χ3n) is 5.22. The highest BCUT2D eigenvalue weighted by atomic mass is 16.3. The van der Waals surface area contributed by atoms with Crippen LogP contribution in [0.1, 0.15) is 103 Å². The molecule has 0 aliphatic carbocycles. The summed E-state index contributed by atoms with van der Waals surface area (Å²) in [5.41, 5.74) is 0. The predicted molar refractivity (Wildman–Crippen MR) is 115 cm³/mol. The van der Waals surface area contributed by atoms with E-state index in [4.69, 9.17) is 5.11 Å². The van der Waals surface area contributed by atoms with Gasteiger partial charge in [0.1, 0.15) is 5.84 Å². The molecule has 0 radical (unpaired) electrons. The fourth-order valence-corrected chi connectivity index (χ4v) is 3.56. The van der Waals surface area contributed by atoms with Crippen molar-refractivity contribution in [2.24, 2.45) is 4.99 Å². The molecule has 156 valence electrons. The molecule has 0 unspecified atom stereocenters. The molecular formula is C23H42N2O2. The SMILES string of the molecule is CCCCCCCC/C=C\CCCCCCCC(=O)N1CCN=C1CCO.